The van der Waals surface area contributed by atoms with E-state index in [9.17, 15) is 19.2 Å². The summed E-state index contributed by atoms with van der Waals surface area (Å²) in [4.78, 5) is 78.2. The standard InChI is InChI=1S/C65H70Cl2N12O10/c1-74-58(80)54-56(70-62(76-21-7-10-42(68)33-76)78(54)31-38-9-3-4-16-51(38)66)72-64(74)88-47-15-6-13-45(29-47)86-49-25-41(26-49)61(83)89-53-30-50(53)37-19-20-39(52(67)27-37)32-79-55-57(71-63(79)77-22-8-11-43(69)34-77)73-65(75(2)59(55)81)87-46-14-5-12-44(28-46)85-48-23-40(24-48)60(82)84-35-36-17-18-36/h3-6,9,12-16,19-20,27-29,36,40-43,48-50,53H,7-8,10-11,17-18,21-26,30-35,68-69H2,1-2H3/t40?,41?,42-,43-,48?,49?,50?,53?/m1/s1. The number of fused-ring (bicyclic) bond motifs is 2. The number of aromatic nitrogens is 8. The largest absolute Gasteiger partial charge is 0.490 e. The number of hydrogen-bond acceptors (Lipinski definition) is 18. The van der Waals surface area contributed by atoms with Crippen molar-refractivity contribution in [3.05, 3.63) is 138 Å². The molecule has 2 unspecified atom stereocenters. The lowest BCUT2D eigenvalue weighted by Crippen LogP contribution is -2.44. The lowest BCUT2D eigenvalue weighted by molar-refractivity contribution is -0.156. The average Bonchev–Trinajstić information content (AvgIpc) is 1.67. The van der Waals surface area contributed by atoms with Gasteiger partial charge in [-0.25, -0.2) is 0 Å². The zero-order chi connectivity index (χ0) is 61.2. The third-order valence-corrected chi connectivity index (χ3v) is 18.8. The summed E-state index contributed by atoms with van der Waals surface area (Å²) >= 11 is 13.7. The average molecular weight is 1250 g/mol. The number of imidazole rings is 2. The van der Waals surface area contributed by atoms with Gasteiger partial charge in [-0.1, -0.05) is 65.7 Å². The molecule has 0 radical (unpaired) electrons. The van der Waals surface area contributed by atoms with Crippen LogP contribution in [-0.2, 0) is 46.2 Å². The molecule has 6 aliphatic rings. The normalized spacial score (nSPS) is 23.2. The maximum atomic E-state index is 14.5. The lowest BCUT2D eigenvalue weighted by Gasteiger charge is -2.33. The Kier molecular flexibility index (Phi) is 16.0. The Morgan fingerprint density at radius 3 is 1.62 bits per heavy atom. The molecular weight excluding hydrogens is 1180 g/mol. The first-order chi connectivity index (χ1) is 43.1. The van der Waals surface area contributed by atoms with Crippen LogP contribution < -0.4 is 51.3 Å². The first-order valence-corrected chi connectivity index (χ1v) is 31.6. The van der Waals surface area contributed by atoms with Gasteiger partial charge >= 0.3 is 24.0 Å². The quantitative estimate of drug-likeness (QED) is 0.0676. The molecule has 4 atom stereocenters. The highest BCUT2D eigenvalue weighted by Crippen LogP contribution is 2.46. The molecule has 4 saturated carbocycles. The lowest BCUT2D eigenvalue weighted by atomic mass is 9.82. The minimum atomic E-state index is -0.354. The second-order valence-electron chi connectivity index (χ2n) is 24.9. The highest BCUT2D eigenvalue weighted by atomic mass is 35.5. The van der Waals surface area contributed by atoms with Crippen molar-refractivity contribution in [2.24, 2.45) is 43.3 Å². The van der Waals surface area contributed by atoms with Crippen molar-refractivity contribution in [1.82, 2.24) is 38.2 Å². The third kappa shape index (κ3) is 12.4. The van der Waals surface area contributed by atoms with Gasteiger partial charge in [-0.3, -0.25) is 37.4 Å². The topological polar surface area (TPSA) is 253 Å². The van der Waals surface area contributed by atoms with Gasteiger partial charge in [0.25, 0.3) is 11.1 Å². The number of halogens is 2. The van der Waals surface area contributed by atoms with Gasteiger partial charge in [0.1, 0.15) is 41.3 Å². The van der Waals surface area contributed by atoms with Gasteiger partial charge in [0, 0.05) is 80.5 Å². The number of nitrogens with two attached hydrogens (primary N) is 2. The molecule has 0 amide bonds. The van der Waals surface area contributed by atoms with Gasteiger partial charge in [-0.15, -0.1) is 0 Å². The minimum absolute atomic E-state index is 0.0194. The van der Waals surface area contributed by atoms with Gasteiger partial charge in [-0.05, 0) is 130 Å². The molecule has 14 rings (SSSR count). The van der Waals surface area contributed by atoms with Crippen LogP contribution in [0.15, 0.2) is 101 Å². The number of esters is 2. The number of benzene rings is 4. The van der Waals surface area contributed by atoms with Crippen LogP contribution in [0.25, 0.3) is 22.3 Å². The molecule has 464 valence electrons. The zero-order valence-electron chi connectivity index (χ0n) is 49.5. The number of ether oxygens (including phenoxy) is 6. The van der Waals surface area contributed by atoms with Crippen LogP contribution in [0.3, 0.4) is 0 Å². The highest BCUT2D eigenvalue weighted by Gasteiger charge is 2.46. The number of nitrogens with zero attached hydrogens (tertiary/aromatic N) is 10. The van der Waals surface area contributed by atoms with Crippen molar-refractivity contribution in [3.8, 4) is 35.0 Å². The smallest absolute Gasteiger partial charge is 0.309 e. The van der Waals surface area contributed by atoms with Crippen LogP contribution in [0.4, 0.5) is 11.9 Å². The van der Waals surface area contributed by atoms with Crippen molar-refractivity contribution < 1.29 is 38.0 Å². The maximum Gasteiger partial charge on any atom is 0.309 e. The van der Waals surface area contributed by atoms with Crippen molar-refractivity contribution in [1.29, 1.82) is 0 Å². The maximum absolute atomic E-state index is 14.5. The molecule has 0 spiro atoms. The molecule has 4 N–H and O–H groups in total. The molecule has 4 aromatic carbocycles. The SMILES string of the molecule is Cn1c(Oc2cccc(OC3CC(C(=O)OC4CC4c4ccc(Cn5c(N6CCC[C@@H](N)C6)nc6nc(Oc7cccc(OC8CC(C(=O)OCC9CC9)C8)c7)n(C)c(=O)c65)c(Cl)c4)C3)c2)nc2nc(N3CCC[C@@H](N)C3)n(Cc3ccccc3Cl)c2c1=O. The highest BCUT2D eigenvalue weighted by molar-refractivity contribution is 6.31. The molecule has 8 aromatic rings. The van der Waals surface area contributed by atoms with E-state index in [0.717, 1.165) is 61.8 Å². The summed E-state index contributed by atoms with van der Waals surface area (Å²) in [5.41, 5.74) is 15.9. The number of hydrogen-bond donors (Lipinski definition) is 2. The van der Waals surface area contributed by atoms with E-state index in [1.165, 1.54) is 9.13 Å². The minimum Gasteiger partial charge on any atom is -0.490 e. The van der Waals surface area contributed by atoms with Crippen LogP contribution in [0, 0.1) is 17.8 Å². The summed E-state index contributed by atoms with van der Waals surface area (Å²) in [7, 11) is 3.23. The summed E-state index contributed by atoms with van der Waals surface area (Å²) in [6, 6.07) is 27.7. The number of carbonyl (C=O) groups excluding carboxylic acids is 2. The molecule has 2 saturated heterocycles. The van der Waals surface area contributed by atoms with E-state index in [2.05, 4.69) is 9.80 Å². The van der Waals surface area contributed by atoms with E-state index in [1.807, 2.05) is 63.7 Å². The molecule has 4 aromatic heterocycles. The number of piperidine rings is 2. The van der Waals surface area contributed by atoms with E-state index < -0.39 is 0 Å². The summed E-state index contributed by atoms with van der Waals surface area (Å²) < 4.78 is 43.0. The fraction of sp³-hybridized carbons (Fsp3) is 0.446. The number of carbonyl (C=O) groups is 2. The van der Waals surface area contributed by atoms with Gasteiger partial charge in [-0.2, -0.15) is 19.9 Å². The Balaban J connectivity index is 0.598. The van der Waals surface area contributed by atoms with E-state index in [4.69, 9.17) is 83.0 Å². The number of rotatable bonds is 20. The van der Waals surface area contributed by atoms with E-state index in [1.54, 1.807) is 50.5 Å². The summed E-state index contributed by atoms with van der Waals surface area (Å²) in [5.74, 6) is 2.73. The Morgan fingerprint density at radius 2 is 1.10 bits per heavy atom. The van der Waals surface area contributed by atoms with Crippen LogP contribution in [-0.4, -0.2) is 113 Å². The van der Waals surface area contributed by atoms with Gasteiger partial charge in [0.2, 0.25) is 11.9 Å². The summed E-state index contributed by atoms with van der Waals surface area (Å²) in [6.45, 7) is 3.64. The molecular formula is C65H70Cl2N12O10. The zero-order valence-corrected chi connectivity index (χ0v) is 51.1. The predicted octanol–water partition coefficient (Wildman–Crippen LogP) is 8.78. The summed E-state index contributed by atoms with van der Waals surface area (Å²) in [5, 5.41) is 1.08. The van der Waals surface area contributed by atoms with Crippen LogP contribution in [0.2, 0.25) is 10.0 Å². The van der Waals surface area contributed by atoms with E-state index in [0.29, 0.717) is 127 Å². The Hall–Kier alpha value is -8.18. The monoisotopic (exact) mass is 1250 g/mol. The second kappa shape index (κ2) is 24.3. The molecule has 89 heavy (non-hydrogen) atoms. The van der Waals surface area contributed by atoms with E-state index >= 15 is 0 Å². The molecule has 6 heterocycles. The van der Waals surface area contributed by atoms with E-state index in [-0.39, 0.29) is 101 Å². The van der Waals surface area contributed by atoms with Gasteiger partial charge in [0.05, 0.1) is 31.5 Å². The Morgan fingerprint density at radius 1 is 0.584 bits per heavy atom. The fourth-order valence-corrected chi connectivity index (χ4v) is 13.0. The van der Waals surface area contributed by atoms with Crippen molar-refractivity contribution >= 4 is 69.4 Å². The molecule has 24 heteroatoms. The van der Waals surface area contributed by atoms with Crippen molar-refractivity contribution in [2.45, 2.75) is 120 Å². The van der Waals surface area contributed by atoms with Crippen LogP contribution >= 0.6 is 23.2 Å². The molecule has 0 bridgehead atoms. The molecule has 2 aliphatic heterocycles. The second-order valence-corrected chi connectivity index (χ2v) is 25.7. The van der Waals surface area contributed by atoms with Gasteiger partial charge in [0.15, 0.2) is 22.3 Å². The van der Waals surface area contributed by atoms with Crippen LogP contribution in [0.1, 0.15) is 93.2 Å². The van der Waals surface area contributed by atoms with Crippen molar-refractivity contribution in [2.75, 3.05) is 42.6 Å². The first kappa shape index (κ1) is 58.5. The molecule has 22 nitrogen and oxygen atoms in total. The van der Waals surface area contributed by atoms with Crippen LogP contribution in [0.5, 0.6) is 35.0 Å². The Bertz CT molecular complexity index is 4150. The molecule has 4 aliphatic carbocycles. The third-order valence-electron chi connectivity index (χ3n) is 18.1. The first-order valence-electron chi connectivity index (χ1n) is 30.9. The molecule has 6 fully saturated rings. The fourth-order valence-electron chi connectivity index (χ4n) is 12.5. The number of anilines is 2. The Labute approximate surface area is 522 Å². The van der Waals surface area contributed by atoms with Gasteiger partial charge < -0.3 is 49.7 Å². The predicted molar refractivity (Wildman–Crippen MR) is 334 cm³/mol. The summed E-state index contributed by atoms with van der Waals surface area (Å²) in [6.07, 6.45) is 8.00. The van der Waals surface area contributed by atoms with Crippen molar-refractivity contribution in [3.63, 3.8) is 0 Å².